The van der Waals surface area contributed by atoms with Crippen LogP contribution < -0.4 is 5.32 Å². The molecule has 2 saturated heterocycles. The SMILES string of the molecule is C[C@H]1CN(C2CCNCC2)[C@@H](Cc2ccc(Br)cc2)CO1. The average Bonchev–Trinajstić information content (AvgIpc) is 2.52. The predicted octanol–water partition coefficient (Wildman–Crippen LogP) is 2.83. The number of rotatable bonds is 3. The molecule has 1 N–H and O–H groups in total. The lowest BCUT2D eigenvalue weighted by atomic mass is 9.97. The normalized spacial score (nSPS) is 28.7. The molecule has 2 aliphatic heterocycles. The molecule has 0 amide bonds. The van der Waals surface area contributed by atoms with Crippen molar-refractivity contribution in [3.05, 3.63) is 34.3 Å². The maximum atomic E-state index is 5.94. The number of morpholine rings is 1. The van der Waals surface area contributed by atoms with E-state index in [1.807, 2.05) is 0 Å². The molecule has 1 aromatic rings. The minimum atomic E-state index is 0.362. The first-order valence-electron chi connectivity index (χ1n) is 8.05. The Hall–Kier alpha value is -0.420. The van der Waals surface area contributed by atoms with Gasteiger partial charge in [0.05, 0.1) is 12.7 Å². The van der Waals surface area contributed by atoms with Gasteiger partial charge in [0.1, 0.15) is 0 Å². The molecule has 0 bridgehead atoms. The van der Waals surface area contributed by atoms with E-state index >= 15 is 0 Å². The van der Waals surface area contributed by atoms with Crippen LogP contribution in [0.5, 0.6) is 0 Å². The number of ether oxygens (including phenoxy) is 1. The molecule has 21 heavy (non-hydrogen) atoms. The molecule has 3 nitrogen and oxygen atoms in total. The first-order chi connectivity index (χ1) is 10.2. The summed E-state index contributed by atoms with van der Waals surface area (Å²) in [6.07, 6.45) is 3.98. The third kappa shape index (κ3) is 4.07. The van der Waals surface area contributed by atoms with Gasteiger partial charge < -0.3 is 10.1 Å². The van der Waals surface area contributed by atoms with Crippen LogP contribution in [0.4, 0.5) is 0 Å². The smallest absolute Gasteiger partial charge is 0.0674 e. The van der Waals surface area contributed by atoms with E-state index in [4.69, 9.17) is 4.74 Å². The highest BCUT2D eigenvalue weighted by Gasteiger charge is 2.32. The summed E-state index contributed by atoms with van der Waals surface area (Å²) < 4.78 is 7.09. The molecule has 1 aromatic carbocycles. The van der Waals surface area contributed by atoms with Crippen molar-refractivity contribution < 1.29 is 4.74 Å². The Morgan fingerprint density at radius 2 is 1.95 bits per heavy atom. The lowest BCUT2D eigenvalue weighted by Gasteiger charge is -2.45. The number of halogens is 1. The molecule has 3 rings (SSSR count). The van der Waals surface area contributed by atoms with Crippen molar-refractivity contribution in [3.8, 4) is 0 Å². The molecule has 0 aromatic heterocycles. The van der Waals surface area contributed by atoms with Crippen molar-refractivity contribution in [2.75, 3.05) is 26.2 Å². The van der Waals surface area contributed by atoms with Crippen LogP contribution in [0.1, 0.15) is 25.3 Å². The number of nitrogens with zero attached hydrogens (tertiary/aromatic N) is 1. The maximum absolute atomic E-state index is 5.94. The zero-order chi connectivity index (χ0) is 14.7. The van der Waals surface area contributed by atoms with Crippen LogP contribution in [0.25, 0.3) is 0 Å². The summed E-state index contributed by atoms with van der Waals surface area (Å²) in [6, 6.07) is 9.96. The van der Waals surface area contributed by atoms with E-state index in [-0.39, 0.29) is 0 Å². The van der Waals surface area contributed by atoms with Crippen molar-refractivity contribution in [1.82, 2.24) is 10.2 Å². The van der Waals surface area contributed by atoms with Gasteiger partial charge in [0, 0.05) is 23.1 Å². The van der Waals surface area contributed by atoms with Gasteiger partial charge in [0.15, 0.2) is 0 Å². The molecule has 2 atom stereocenters. The summed E-state index contributed by atoms with van der Waals surface area (Å²) in [5, 5.41) is 3.47. The van der Waals surface area contributed by atoms with E-state index in [2.05, 4.69) is 57.3 Å². The van der Waals surface area contributed by atoms with E-state index < -0.39 is 0 Å². The Balaban J connectivity index is 1.69. The Bertz CT molecular complexity index is 445. The van der Waals surface area contributed by atoms with Gasteiger partial charge in [0.2, 0.25) is 0 Å². The molecular formula is C17H25BrN2O. The number of hydrogen-bond donors (Lipinski definition) is 1. The number of piperidine rings is 1. The van der Waals surface area contributed by atoms with Crippen molar-refractivity contribution in [2.24, 2.45) is 0 Å². The third-order valence-electron chi connectivity index (χ3n) is 4.67. The first kappa shape index (κ1) is 15.5. The van der Waals surface area contributed by atoms with E-state index in [1.54, 1.807) is 0 Å². The third-order valence-corrected chi connectivity index (χ3v) is 5.20. The Morgan fingerprint density at radius 3 is 2.67 bits per heavy atom. The highest BCUT2D eigenvalue weighted by molar-refractivity contribution is 9.10. The minimum absolute atomic E-state index is 0.362. The number of nitrogens with one attached hydrogen (secondary N) is 1. The highest BCUT2D eigenvalue weighted by atomic mass is 79.9. The molecule has 0 spiro atoms. The quantitative estimate of drug-likeness (QED) is 0.905. The lowest BCUT2D eigenvalue weighted by Crippen LogP contribution is -2.56. The fourth-order valence-corrected chi connectivity index (χ4v) is 3.79. The van der Waals surface area contributed by atoms with E-state index in [0.717, 1.165) is 43.2 Å². The topological polar surface area (TPSA) is 24.5 Å². The van der Waals surface area contributed by atoms with Gasteiger partial charge in [0.25, 0.3) is 0 Å². The number of benzene rings is 1. The number of hydrogen-bond acceptors (Lipinski definition) is 3. The second-order valence-electron chi connectivity index (χ2n) is 6.31. The van der Waals surface area contributed by atoms with Gasteiger partial charge in [-0.1, -0.05) is 28.1 Å². The molecular weight excluding hydrogens is 328 g/mol. The van der Waals surface area contributed by atoms with Gasteiger partial charge in [-0.05, 0) is 57.0 Å². The van der Waals surface area contributed by atoms with Crippen LogP contribution in [0, 0.1) is 0 Å². The summed E-state index contributed by atoms with van der Waals surface area (Å²) in [5.41, 5.74) is 1.40. The Kier molecular flexibility index (Phi) is 5.33. The predicted molar refractivity (Wildman–Crippen MR) is 89.6 cm³/mol. The van der Waals surface area contributed by atoms with Crippen LogP contribution in [-0.4, -0.2) is 49.3 Å². The van der Waals surface area contributed by atoms with Gasteiger partial charge >= 0.3 is 0 Å². The maximum Gasteiger partial charge on any atom is 0.0674 e. The summed E-state index contributed by atoms with van der Waals surface area (Å²) in [7, 11) is 0. The monoisotopic (exact) mass is 352 g/mol. The van der Waals surface area contributed by atoms with Crippen LogP contribution in [0.15, 0.2) is 28.7 Å². The fourth-order valence-electron chi connectivity index (χ4n) is 3.52. The zero-order valence-corrected chi connectivity index (χ0v) is 14.3. The summed E-state index contributed by atoms with van der Waals surface area (Å²) in [5.74, 6) is 0. The molecule has 0 aliphatic carbocycles. The van der Waals surface area contributed by atoms with Gasteiger partial charge in [-0.25, -0.2) is 0 Å². The molecule has 4 heteroatoms. The van der Waals surface area contributed by atoms with Crippen molar-refractivity contribution in [1.29, 1.82) is 0 Å². The van der Waals surface area contributed by atoms with Crippen LogP contribution in [0.2, 0.25) is 0 Å². The van der Waals surface area contributed by atoms with Crippen molar-refractivity contribution in [2.45, 2.75) is 44.4 Å². The standard InChI is InChI=1S/C17H25BrN2O/c1-13-11-20(16-6-8-19-9-7-16)17(12-21-13)10-14-2-4-15(18)5-3-14/h2-5,13,16-17,19H,6-12H2,1H3/t13-,17-/m0/s1. The zero-order valence-electron chi connectivity index (χ0n) is 12.7. The second-order valence-corrected chi connectivity index (χ2v) is 7.22. The first-order valence-corrected chi connectivity index (χ1v) is 8.84. The molecule has 0 unspecified atom stereocenters. The molecule has 0 saturated carbocycles. The van der Waals surface area contributed by atoms with Gasteiger partial charge in [-0.2, -0.15) is 0 Å². The molecule has 0 radical (unpaired) electrons. The largest absolute Gasteiger partial charge is 0.376 e. The average molecular weight is 353 g/mol. The van der Waals surface area contributed by atoms with Gasteiger partial charge in [-0.15, -0.1) is 0 Å². The van der Waals surface area contributed by atoms with E-state index in [0.29, 0.717) is 12.1 Å². The molecule has 116 valence electrons. The lowest BCUT2D eigenvalue weighted by molar-refractivity contribution is -0.0752. The molecule has 2 aliphatic rings. The van der Waals surface area contributed by atoms with Crippen molar-refractivity contribution >= 4 is 15.9 Å². The Labute approximate surface area is 136 Å². The minimum Gasteiger partial charge on any atom is -0.376 e. The second kappa shape index (κ2) is 7.23. The fraction of sp³-hybridized carbons (Fsp3) is 0.647. The Morgan fingerprint density at radius 1 is 1.24 bits per heavy atom. The van der Waals surface area contributed by atoms with Crippen LogP contribution in [-0.2, 0) is 11.2 Å². The summed E-state index contributed by atoms with van der Waals surface area (Å²) in [6.45, 7) is 6.44. The van der Waals surface area contributed by atoms with Crippen LogP contribution >= 0.6 is 15.9 Å². The molecule has 2 heterocycles. The van der Waals surface area contributed by atoms with Crippen molar-refractivity contribution in [3.63, 3.8) is 0 Å². The van der Waals surface area contributed by atoms with E-state index in [1.165, 1.54) is 18.4 Å². The summed E-state index contributed by atoms with van der Waals surface area (Å²) >= 11 is 3.51. The highest BCUT2D eigenvalue weighted by Crippen LogP contribution is 2.23. The van der Waals surface area contributed by atoms with E-state index in [9.17, 15) is 0 Å². The molecule has 2 fully saturated rings. The van der Waals surface area contributed by atoms with Crippen LogP contribution in [0.3, 0.4) is 0 Å². The van der Waals surface area contributed by atoms with Gasteiger partial charge in [-0.3, -0.25) is 4.90 Å². The summed E-state index contributed by atoms with van der Waals surface area (Å²) in [4.78, 5) is 2.72.